The van der Waals surface area contributed by atoms with Crippen molar-refractivity contribution in [3.63, 3.8) is 0 Å². The van der Waals surface area contributed by atoms with Gasteiger partial charge < -0.3 is 10.2 Å². The Balaban J connectivity index is 2.37. The van der Waals surface area contributed by atoms with Gasteiger partial charge in [-0.1, -0.05) is 12.1 Å². The molecule has 0 aliphatic rings. The molecule has 0 aliphatic heterocycles. The lowest BCUT2D eigenvalue weighted by Gasteiger charge is -2.11. The zero-order valence-electron chi connectivity index (χ0n) is 11.0. The minimum absolute atomic E-state index is 0.301. The van der Waals surface area contributed by atoms with E-state index in [1.165, 1.54) is 11.1 Å². The Kier molecular flexibility index (Phi) is 3.28. The Morgan fingerprint density at radius 1 is 0.778 bits per heavy atom. The number of aromatic hydroxyl groups is 2. The van der Waals surface area contributed by atoms with Gasteiger partial charge in [0.05, 0.1) is 0 Å². The molecular formula is C16H18O2. The molecule has 0 amide bonds. The van der Waals surface area contributed by atoms with Crippen LogP contribution in [0.2, 0.25) is 0 Å². The van der Waals surface area contributed by atoms with Gasteiger partial charge in [0, 0.05) is 0 Å². The van der Waals surface area contributed by atoms with Crippen LogP contribution in [0.4, 0.5) is 0 Å². The summed E-state index contributed by atoms with van der Waals surface area (Å²) in [6.07, 6.45) is 0.819. The van der Waals surface area contributed by atoms with Crippen molar-refractivity contribution < 1.29 is 10.2 Å². The number of benzene rings is 2. The molecule has 2 N–H and O–H groups in total. The molecule has 0 heterocycles. The van der Waals surface area contributed by atoms with Gasteiger partial charge in [-0.15, -0.1) is 0 Å². The van der Waals surface area contributed by atoms with Crippen LogP contribution in [0.5, 0.6) is 11.5 Å². The molecule has 0 atom stereocenters. The summed E-state index contributed by atoms with van der Waals surface area (Å²) < 4.78 is 0. The lowest BCUT2D eigenvalue weighted by molar-refractivity contribution is 0.470. The fraction of sp³-hybridized carbons (Fsp3) is 0.250. The zero-order chi connectivity index (χ0) is 13.3. The van der Waals surface area contributed by atoms with E-state index in [1.807, 2.05) is 32.9 Å². The smallest absolute Gasteiger partial charge is 0.118 e. The van der Waals surface area contributed by atoms with Crippen LogP contribution in [0.1, 0.15) is 27.8 Å². The molecule has 2 heteroatoms. The van der Waals surface area contributed by atoms with Gasteiger partial charge in [0.15, 0.2) is 0 Å². The molecule has 2 aromatic rings. The van der Waals surface area contributed by atoms with E-state index in [0.29, 0.717) is 11.5 Å². The second-order valence-electron chi connectivity index (χ2n) is 4.85. The van der Waals surface area contributed by atoms with Crippen LogP contribution in [0.3, 0.4) is 0 Å². The average Bonchev–Trinajstić information content (AvgIpc) is 2.29. The highest BCUT2D eigenvalue weighted by atomic mass is 16.3. The Morgan fingerprint density at radius 2 is 1.44 bits per heavy atom. The van der Waals surface area contributed by atoms with Crippen molar-refractivity contribution >= 4 is 0 Å². The molecule has 2 rings (SSSR count). The second kappa shape index (κ2) is 4.73. The first-order chi connectivity index (χ1) is 8.47. The molecule has 0 saturated carbocycles. The molecule has 0 bridgehead atoms. The third-order valence-electron chi connectivity index (χ3n) is 3.36. The molecule has 0 unspecified atom stereocenters. The van der Waals surface area contributed by atoms with Gasteiger partial charge in [0.2, 0.25) is 0 Å². The third-order valence-corrected chi connectivity index (χ3v) is 3.36. The molecule has 94 valence electrons. The van der Waals surface area contributed by atoms with Crippen LogP contribution < -0.4 is 0 Å². The normalized spacial score (nSPS) is 10.6. The summed E-state index contributed by atoms with van der Waals surface area (Å²) in [5.74, 6) is 0.647. The summed E-state index contributed by atoms with van der Waals surface area (Å²) in [6.45, 7) is 5.91. The van der Waals surface area contributed by atoms with E-state index in [9.17, 15) is 10.2 Å². The van der Waals surface area contributed by atoms with Gasteiger partial charge in [0.1, 0.15) is 11.5 Å². The topological polar surface area (TPSA) is 40.5 Å². The molecule has 0 saturated heterocycles. The largest absolute Gasteiger partial charge is 0.508 e. The van der Waals surface area contributed by atoms with Crippen LogP contribution in [0.15, 0.2) is 30.3 Å². The number of phenols is 2. The van der Waals surface area contributed by atoms with E-state index in [1.54, 1.807) is 18.2 Å². The van der Waals surface area contributed by atoms with Gasteiger partial charge in [-0.05, 0) is 73.2 Å². The fourth-order valence-corrected chi connectivity index (χ4v) is 2.13. The van der Waals surface area contributed by atoms with Crippen molar-refractivity contribution in [2.45, 2.75) is 27.2 Å². The molecule has 0 spiro atoms. The Bertz CT molecular complexity index is 586. The molecular weight excluding hydrogens is 224 g/mol. The lowest BCUT2D eigenvalue weighted by Crippen LogP contribution is -1.95. The van der Waals surface area contributed by atoms with E-state index in [4.69, 9.17) is 0 Å². The van der Waals surface area contributed by atoms with Crippen LogP contribution in [-0.2, 0) is 6.42 Å². The minimum Gasteiger partial charge on any atom is -0.508 e. The number of aryl methyl sites for hydroxylation is 3. The first-order valence-corrected chi connectivity index (χ1v) is 6.05. The van der Waals surface area contributed by atoms with Gasteiger partial charge >= 0.3 is 0 Å². The third kappa shape index (κ3) is 2.48. The molecule has 0 aromatic heterocycles. The fourth-order valence-electron chi connectivity index (χ4n) is 2.13. The Labute approximate surface area is 108 Å². The summed E-state index contributed by atoms with van der Waals surface area (Å²) in [5.41, 5.74) is 5.47. The standard InChI is InChI=1S/C16H18O2/c1-10-7-15(17)5-4-13(10)9-14-6-12(3)16(18)8-11(14)2/h4-8,17-18H,9H2,1-3H3. The van der Waals surface area contributed by atoms with Crippen molar-refractivity contribution in [2.75, 3.05) is 0 Å². The van der Waals surface area contributed by atoms with E-state index >= 15 is 0 Å². The molecule has 0 aliphatic carbocycles. The van der Waals surface area contributed by atoms with Crippen LogP contribution in [0, 0.1) is 20.8 Å². The maximum absolute atomic E-state index is 9.65. The highest BCUT2D eigenvalue weighted by Crippen LogP contribution is 2.25. The summed E-state index contributed by atoms with van der Waals surface area (Å²) in [4.78, 5) is 0. The Morgan fingerprint density at radius 3 is 2.11 bits per heavy atom. The van der Waals surface area contributed by atoms with Crippen molar-refractivity contribution in [3.8, 4) is 11.5 Å². The lowest BCUT2D eigenvalue weighted by atomic mass is 9.95. The van der Waals surface area contributed by atoms with Gasteiger partial charge in [-0.2, -0.15) is 0 Å². The predicted octanol–water partition coefficient (Wildman–Crippen LogP) is 3.61. The molecule has 0 fully saturated rings. The number of hydrogen-bond acceptors (Lipinski definition) is 2. The minimum atomic E-state index is 0.301. The predicted molar refractivity (Wildman–Crippen MR) is 73.2 cm³/mol. The molecule has 18 heavy (non-hydrogen) atoms. The molecule has 2 nitrogen and oxygen atoms in total. The summed E-state index contributed by atoms with van der Waals surface area (Å²) in [5, 5.41) is 19.1. The van der Waals surface area contributed by atoms with Crippen molar-refractivity contribution in [2.24, 2.45) is 0 Å². The first-order valence-electron chi connectivity index (χ1n) is 6.05. The summed E-state index contributed by atoms with van der Waals surface area (Å²) >= 11 is 0. The first kappa shape index (κ1) is 12.5. The van der Waals surface area contributed by atoms with Gasteiger partial charge in [-0.3, -0.25) is 0 Å². The van der Waals surface area contributed by atoms with Crippen LogP contribution >= 0.6 is 0 Å². The van der Waals surface area contributed by atoms with Gasteiger partial charge in [-0.25, -0.2) is 0 Å². The monoisotopic (exact) mass is 242 g/mol. The quantitative estimate of drug-likeness (QED) is 0.844. The van der Waals surface area contributed by atoms with E-state index in [0.717, 1.165) is 23.1 Å². The van der Waals surface area contributed by atoms with Gasteiger partial charge in [0.25, 0.3) is 0 Å². The number of hydrogen-bond donors (Lipinski definition) is 2. The molecule has 2 aromatic carbocycles. The maximum atomic E-state index is 9.65. The number of rotatable bonds is 2. The highest BCUT2D eigenvalue weighted by Gasteiger charge is 2.06. The van der Waals surface area contributed by atoms with E-state index in [-0.39, 0.29) is 0 Å². The van der Waals surface area contributed by atoms with Crippen molar-refractivity contribution in [3.05, 3.63) is 58.1 Å². The van der Waals surface area contributed by atoms with E-state index < -0.39 is 0 Å². The zero-order valence-corrected chi connectivity index (χ0v) is 11.0. The Hall–Kier alpha value is -1.96. The average molecular weight is 242 g/mol. The summed E-state index contributed by atoms with van der Waals surface area (Å²) in [6, 6.07) is 9.27. The van der Waals surface area contributed by atoms with Crippen LogP contribution in [-0.4, -0.2) is 10.2 Å². The SMILES string of the molecule is Cc1cc(Cc2ccc(O)cc2C)c(C)cc1O. The molecule has 0 radical (unpaired) electrons. The van der Waals surface area contributed by atoms with Crippen LogP contribution in [0.25, 0.3) is 0 Å². The second-order valence-corrected chi connectivity index (χ2v) is 4.85. The van der Waals surface area contributed by atoms with E-state index in [2.05, 4.69) is 0 Å². The maximum Gasteiger partial charge on any atom is 0.118 e. The highest BCUT2D eigenvalue weighted by molar-refractivity contribution is 5.44. The van der Waals surface area contributed by atoms with Crippen molar-refractivity contribution in [1.29, 1.82) is 0 Å². The number of phenolic OH excluding ortho intramolecular Hbond substituents is 2. The summed E-state index contributed by atoms with van der Waals surface area (Å²) in [7, 11) is 0. The van der Waals surface area contributed by atoms with Crippen molar-refractivity contribution in [1.82, 2.24) is 0 Å².